The van der Waals surface area contributed by atoms with Crippen molar-refractivity contribution < 1.29 is 4.79 Å². The van der Waals surface area contributed by atoms with E-state index in [9.17, 15) is 4.79 Å². The minimum absolute atomic E-state index is 0.105. The van der Waals surface area contributed by atoms with Gasteiger partial charge in [0.2, 0.25) is 5.91 Å². The maximum atomic E-state index is 12.1. The predicted octanol–water partition coefficient (Wildman–Crippen LogP) is 2.60. The van der Waals surface area contributed by atoms with Gasteiger partial charge in [0.05, 0.1) is 0 Å². The van der Waals surface area contributed by atoms with Crippen molar-refractivity contribution in [3.63, 3.8) is 0 Å². The summed E-state index contributed by atoms with van der Waals surface area (Å²) in [6.45, 7) is 6.04. The van der Waals surface area contributed by atoms with Gasteiger partial charge >= 0.3 is 0 Å². The summed E-state index contributed by atoms with van der Waals surface area (Å²) < 4.78 is 1.53. The molecule has 0 aliphatic carbocycles. The van der Waals surface area contributed by atoms with Crippen LogP contribution < -0.4 is 5.32 Å². The van der Waals surface area contributed by atoms with Crippen LogP contribution in [0.1, 0.15) is 38.3 Å². The number of benzene rings is 1. The van der Waals surface area contributed by atoms with Gasteiger partial charge in [0.1, 0.15) is 18.7 Å². The van der Waals surface area contributed by atoms with E-state index in [1.807, 2.05) is 18.2 Å². The van der Waals surface area contributed by atoms with Gasteiger partial charge in [0.25, 0.3) is 0 Å². The van der Waals surface area contributed by atoms with E-state index in [2.05, 4.69) is 35.3 Å². The average Bonchev–Trinajstić information content (AvgIpc) is 2.92. The van der Waals surface area contributed by atoms with E-state index in [0.717, 1.165) is 5.69 Å². The SMILES string of the molecule is CC(C)c1cccc(NC(=O)C(C)n2cncn2)c1. The Bertz CT molecular complexity index is 548. The number of nitrogens with one attached hydrogen (secondary N) is 1. The molecule has 0 aliphatic heterocycles. The van der Waals surface area contributed by atoms with E-state index in [4.69, 9.17) is 0 Å². The van der Waals surface area contributed by atoms with Crippen molar-refractivity contribution in [2.75, 3.05) is 5.32 Å². The molecule has 1 unspecified atom stereocenters. The van der Waals surface area contributed by atoms with Crippen LogP contribution in [-0.2, 0) is 4.79 Å². The van der Waals surface area contributed by atoms with Crippen LogP contribution in [0.25, 0.3) is 0 Å². The molecule has 1 amide bonds. The first-order valence-corrected chi connectivity index (χ1v) is 6.33. The van der Waals surface area contributed by atoms with Crippen LogP contribution in [0.4, 0.5) is 5.69 Å². The summed E-state index contributed by atoms with van der Waals surface area (Å²) in [7, 11) is 0. The molecule has 0 spiro atoms. The maximum absolute atomic E-state index is 12.1. The third kappa shape index (κ3) is 3.19. The molecule has 1 aromatic heterocycles. The third-order valence-electron chi connectivity index (χ3n) is 3.03. The number of hydrogen-bond donors (Lipinski definition) is 1. The van der Waals surface area contributed by atoms with E-state index in [0.29, 0.717) is 5.92 Å². The van der Waals surface area contributed by atoms with Crippen LogP contribution in [0.3, 0.4) is 0 Å². The molecule has 0 radical (unpaired) electrons. The lowest BCUT2D eigenvalue weighted by Gasteiger charge is -2.13. The number of carbonyl (C=O) groups is 1. The summed E-state index contributed by atoms with van der Waals surface area (Å²) in [6.07, 6.45) is 2.96. The van der Waals surface area contributed by atoms with E-state index in [1.165, 1.54) is 22.9 Å². The van der Waals surface area contributed by atoms with Crippen LogP contribution in [0.15, 0.2) is 36.9 Å². The number of amides is 1. The Balaban J connectivity index is 2.08. The Morgan fingerprint density at radius 2 is 2.11 bits per heavy atom. The molecule has 1 aromatic carbocycles. The van der Waals surface area contributed by atoms with Gasteiger partial charge in [-0.2, -0.15) is 5.10 Å². The Morgan fingerprint density at radius 1 is 1.32 bits per heavy atom. The fourth-order valence-electron chi connectivity index (χ4n) is 1.76. The largest absolute Gasteiger partial charge is 0.324 e. The van der Waals surface area contributed by atoms with E-state index >= 15 is 0 Å². The van der Waals surface area contributed by atoms with Crippen molar-refractivity contribution in [1.29, 1.82) is 0 Å². The lowest BCUT2D eigenvalue weighted by Crippen LogP contribution is -2.24. The molecule has 0 aliphatic rings. The molecule has 0 saturated carbocycles. The molecule has 19 heavy (non-hydrogen) atoms. The predicted molar refractivity (Wildman–Crippen MR) is 73.9 cm³/mol. The number of hydrogen-bond acceptors (Lipinski definition) is 3. The zero-order valence-corrected chi connectivity index (χ0v) is 11.4. The Kier molecular flexibility index (Phi) is 3.94. The fourth-order valence-corrected chi connectivity index (χ4v) is 1.76. The zero-order chi connectivity index (χ0) is 13.8. The van der Waals surface area contributed by atoms with Gasteiger partial charge < -0.3 is 5.32 Å². The lowest BCUT2D eigenvalue weighted by molar-refractivity contribution is -0.119. The van der Waals surface area contributed by atoms with Crippen LogP contribution >= 0.6 is 0 Å². The summed E-state index contributed by atoms with van der Waals surface area (Å²) in [4.78, 5) is 15.9. The Morgan fingerprint density at radius 3 is 2.74 bits per heavy atom. The van der Waals surface area contributed by atoms with Gasteiger partial charge in [-0.3, -0.25) is 4.79 Å². The summed E-state index contributed by atoms with van der Waals surface area (Å²) in [5.41, 5.74) is 2.01. The molecule has 0 bridgehead atoms. The van der Waals surface area contributed by atoms with E-state index in [-0.39, 0.29) is 11.9 Å². The monoisotopic (exact) mass is 258 g/mol. The molecular weight excluding hydrogens is 240 g/mol. The standard InChI is InChI=1S/C14H18N4O/c1-10(2)12-5-4-6-13(7-12)17-14(19)11(3)18-9-15-8-16-18/h4-11H,1-3H3,(H,17,19). The highest BCUT2D eigenvalue weighted by Gasteiger charge is 2.15. The minimum atomic E-state index is -0.384. The van der Waals surface area contributed by atoms with Gasteiger partial charge in [-0.1, -0.05) is 26.0 Å². The quantitative estimate of drug-likeness (QED) is 0.917. The topological polar surface area (TPSA) is 59.8 Å². The highest BCUT2D eigenvalue weighted by molar-refractivity contribution is 5.93. The van der Waals surface area contributed by atoms with Gasteiger partial charge in [-0.25, -0.2) is 9.67 Å². The van der Waals surface area contributed by atoms with Crippen molar-refractivity contribution in [3.05, 3.63) is 42.5 Å². The van der Waals surface area contributed by atoms with Gasteiger partial charge in [-0.15, -0.1) is 0 Å². The molecule has 1 heterocycles. The molecule has 2 aromatic rings. The molecule has 5 heteroatoms. The molecule has 100 valence electrons. The maximum Gasteiger partial charge on any atom is 0.249 e. The Labute approximate surface area is 112 Å². The molecule has 1 N–H and O–H groups in total. The second-order valence-electron chi connectivity index (χ2n) is 4.82. The smallest absolute Gasteiger partial charge is 0.249 e. The van der Waals surface area contributed by atoms with Crippen LogP contribution in [-0.4, -0.2) is 20.7 Å². The number of rotatable bonds is 4. The van der Waals surface area contributed by atoms with Gasteiger partial charge in [0, 0.05) is 5.69 Å². The lowest BCUT2D eigenvalue weighted by atomic mass is 10.0. The number of nitrogens with zero attached hydrogens (tertiary/aromatic N) is 3. The van der Waals surface area contributed by atoms with Crippen LogP contribution in [0.5, 0.6) is 0 Å². The van der Waals surface area contributed by atoms with Crippen molar-refractivity contribution in [3.8, 4) is 0 Å². The van der Waals surface area contributed by atoms with E-state index < -0.39 is 0 Å². The van der Waals surface area contributed by atoms with Crippen molar-refractivity contribution in [2.24, 2.45) is 0 Å². The minimum Gasteiger partial charge on any atom is -0.324 e. The summed E-state index contributed by atoms with van der Waals surface area (Å²) in [6, 6.07) is 7.51. The van der Waals surface area contributed by atoms with Crippen LogP contribution in [0, 0.1) is 0 Å². The molecule has 1 atom stereocenters. The average molecular weight is 258 g/mol. The van der Waals surface area contributed by atoms with Crippen molar-refractivity contribution >= 4 is 11.6 Å². The second kappa shape index (κ2) is 5.65. The summed E-state index contributed by atoms with van der Waals surface area (Å²) >= 11 is 0. The van der Waals surface area contributed by atoms with Crippen molar-refractivity contribution in [1.82, 2.24) is 14.8 Å². The number of aromatic nitrogens is 3. The Hall–Kier alpha value is -2.17. The highest BCUT2D eigenvalue weighted by Crippen LogP contribution is 2.19. The second-order valence-corrected chi connectivity index (χ2v) is 4.82. The summed E-state index contributed by atoms with van der Waals surface area (Å²) in [5, 5.41) is 6.87. The van der Waals surface area contributed by atoms with Crippen LogP contribution in [0.2, 0.25) is 0 Å². The molecule has 0 fully saturated rings. The summed E-state index contributed by atoms with van der Waals surface area (Å²) in [5.74, 6) is 0.330. The number of carbonyl (C=O) groups excluding carboxylic acids is 1. The third-order valence-corrected chi connectivity index (χ3v) is 3.03. The fraction of sp³-hybridized carbons (Fsp3) is 0.357. The van der Waals surface area contributed by atoms with E-state index in [1.54, 1.807) is 6.92 Å². The van der Waals surface area contributed by atoms with Gasteiger partial charge in [-0.05, 0) is 30.5 Å². The normalized spacial score (nSPS) is 12.4. The molecule has 5 nitrogen and oxygen atoms in total. The first kappa shape index (κ1) is 13.3. The molecular formula is C14H18N4O. The first-order chi connectivity index (χ1) is 9.08. The first-order valence-electron chi connectivity index (χ1n) is 6.33. The highest BCUT2D eigenvalue weighted by atomic mass is 16.2. The molecule has 2 rings (SSSR count). The van der Waals surface area contributed by atoms with Crippen molar-refractivity contribution in [2.45, 2.75) is 32.7 Å². The molecule has 0 saturated heterocycles. The van der Waals surface area contributed by atoms with Gasteiger partial charge in [0.15, 0.2) is 0 Å². The number of anilines is 1. The zero-order valence-electron chi connectivity index (χ0n) is 11.4.